The lowest BCUT2D eigenvalue weighted by Crippen LogP contribution is -2.34. The van der Waals surface area contributed by atoms with Crippen LogP contribution >= 0.6 is 11.6 Å². The second kappa shape index (κ2) is 5.98. The molecular formula is C12H15ClFNO2. The average molecular weight is 260 g/mol. The van der Waals surface area contributed by atoms with Gasteiger partial charge in [0.05, 0.1) is 17.5 Å². The summed E-state index contributed by atoms with van der Waals surface area (Å²) in [6, 6.07) is 4.07. The van der Waals surface area contributed by atoms with Gasteiger partial charge in [0.15, 0.2) is 0 Å². The molecule has 0 aromatic heterocycles. The van der Waals surface area contributed by atoms with Crippen LogP contribution in [0.3, 0.4) is 0 Å². The van der Waals surface area contributed by atoms with Gasteiger partial charge in [0.25, 0.3) is 0 Å². The Morgan fingerprint density at radius 3 is 2.71 bits per heavy atom. The maximum atomic E-state index is 13.0. The largest absolute Gasteiger partial charge is 0.396 e. The molecule has 1 unspecified atom stereocenters. The fraction of sp³-hybridized carbons (Fsp3) is 0.417. The smallest absolute Gasteiger partial charge is 0.232 e. The van der Waals surface area contributed by atoms with Gasteiger partial charge in [0.2, 0.25) is 5.91 Å². The predicted molar refractivity (Wildman–Crippen MR) is 65.7 cm³/mol. The van der Waals surface area contributed by atoms with E-state index < -0.39 is 11.7 Å². The van der Waals surface area contributed by atoms with Crippen molar-refractivity contribution in [3.05, 3.63) is 29.0 Å². The number of aliphatic hydroxyl groups is 1. The first kappa shape index (κ1) is 13.9. The summed E-state index contributed by atoms with van der Waals surface area (Å²) in [5.41, 5.74) is 0.508. The molecule has 1 atom stereocenters. The van der Waals surface area contributed by atoms with Crippen LogP contribution in [-0.2, 0) is 4.79 Å². The minimum absolute atomic E-state index is 0.0285. The molecule has 0 saturated carbocycles. The molecule has 1 rings (SSSR count). The third kappa shape index (κ3) is 3.17. The first-order valence-electron chi connectivity index (χ1n) is 5.34. The average Bonchev–Trinajstić information content (AvgIpc) is 2.33. The summed E-state index contributed by atoms with van der Waals surface area (Å²) in [5.74, 6) is -1.17. The zero-order chi connectivity index (χ0) is 13.0. The lowest BCUT2D eigenvalue weighted by Gasteiger charge is -2.22. The van der Waals surface area contributed by atoms with Crippen LogP contribution in [0.15, 0.2) is 18.2 Å². The summed E-state index contributed by atoms with van der Waals surface area (Å²) < 4.78 is 13.0. The number of hydrogen-bond donors (Lipinski definition) is 1. The van der Waals surface area contributed by atoms with E-state index in [1.807, 2.05) is 6.92 Å². The van der Waals surface area contributed by atoms with Crippen molar-refractivity contribution in [2.24, 2.45) is 5.92 Å². The molecule has 1 aromatic rings. The van der Waals surface area contributed by atoms with E-state index in [-0.39, 0.29) is 17.5 Å². The Hall–Kier alpha value is -1.13. The number of nitrogens with zero attached hydrogens (tertiary/aromatic N) is 1. The SMILES string of the molecule is CCC(CO)C(=O)N(C)c1ccc(F)c(Cl)c1. The van der Waals surface area contributed by atoms with Crippen LogP contribution in [0, 0.1) is 11.7 Å². The van der Waals surface area contributed by atoms with Crippen LogP contribution in [0.4, 0.5) is 10.1 Å². The summed E-state index contributed by atoms with van der Waals surface area (Å²) in [4.78, 5) is 13.3. The summed E-state index contributed by atoms with van der Waals surface area (Å²) in [6.07, 6.45) is 0.550. The Balaban J connectivity index is 2.92. The first-order chi connectivity index (χ1) is 8.01. The van der Waals surface area contributed by atoms with Crippen molar-refractivity contribution in [3.63, 3.8) is 0 Å². The van der Waals surface area contributed by atoms with Crippen molar-refractivity contribution < 1.29 is 14.3 Å². The van der Waals surface area contributed by atoms with E-state index >= 15 is 0 Å². The maximum absolute atomic E-state index is 13.0. The highest BCUT2D eigenvalue weighted by Crippen LogP contribution is 2.23. The Kier molecular flexibility index (Phi) is 4.90. The van der Waals surface area contributed by atoms with E-state index in [1.165, 1.54) is 23.1 Å². The van der Waals surface area contributed by atoms with Crippen molar-refractivity contribution in [2.45, 2.75) is 13.3 Å². The molecule has 0 fully saturated rings. The van der Waals surface area contributed by atoms with Gasteiger partial charge in [-0.2, -0.15) is 0 Å². The second-order valence-corrected chi connectivity index (χ2v) is 4.19. The highest BCUT2D eigenvalue weighted by atomic mass is 35.5. The Labute approximate surface area is 105 Å². The fourth-order valence-electron chi connectivity index (χ4n) is 1.48. The van der Waals surface area contributed by atoms with E-state index in [9.17, 15) is 9.18 Å². The van der Waals surface area contributed by atoms with Crippen LogP contribution in [0.2, 0.25) is 5.02 Å². The lowest BCUT2D eigenvalue weighted by atomic mass is 10.1. The van der Waals surface area contributed by atoms with Crippen molar-refractivity contribution in [2.75, 3.05) is 18.6 Å². The number of carbonyl (C=O) groups excluding carboxylic acids is 1. The van der Waals surface area contributed by atoms with Gasteiger partial charge in [-0.05, 0) is 24.6 Å². The molecule has 94 valence electrons. The van der Waals surface area contributed by atoms with E-state index in [2.05, 4.69) is 0 Å². The quantitative estimate of drug-likeness (QED) is 0.902. The molecule has 0 aliphatic rings. The zero-order valence-electron chi connectivity index (χ0n) is 9.78. The number of anilines is 1. The van der Waals surface area contributed by atoms with E-state index in [4.69, 9.17) is 16.7 Å². The standard InChI is InChI=1S/C12H15ClFNO2/c1-3-8(7-16)12(17)15(2)9-4-5-11(14)10(13)6-9/h4-6,8,16H,3,7H2,1-2H3. The molecule has 0 radical (unpaired) electrons. The van der Waals surface area contributed by atoms with Crippen LogP contribution in [0.5, 0.6) is 0 Å². The molecule has 0 saturated heterocycles. The van der Waals surface area contributed by atoms with Crippen molar-refractivity contribution in [1.29, 1.82) is 0 Å². The summed E-state index contributed by atoms with van der Waals surface area (Å²) in [6.45, 7) is 1.62. The van der Waals surface area contributed by atoms with Gasteiger partial charge in [-0.1, -0.05) is 18.5 Å². The molecule has 0 spiro atoms. The van der Waals surface area contributed by atoms with Crippen LogP contribution in [0.25, 0.3) is 0 Å². The number of rotatable bonds is 4. The van der Waals surface area contributed by atoms with Gasteiger partial charge >= 0.3 is 0 Å². The molecule has 1 aromatic carbocycles. The zero-order valence-corrected chi connectivity index (χ0v) is 10.5. The highest BCUT2D eigenvalue weighted by Gasteiger charge is 2.20. The third-order valence-corrected chi connectivity index (χ3v) is 2.97. The molecule has 1 amide bonds. The maximum Gasteiger partial charge on any atom is 0.232 e. The van der Waals surface area contributed by atoms with E-state index in [0.29, 0.717) is 12.1 Å². The molecular weight excluding hydrogens is 245 g/mol. The van der Waals surface area contributed by atoms with Crippen LogP contribution in [0.1, 0.15) is 13.3 Å². The molecule has 0 aliphatic carbocycles. The van der Waals surface area contributed by atoms with Crippen molar-refractivity contribution in [3.8, 4) is 0 Å². The number of aliphatic hydroxyl groups excluding tert-OH is 1. The molecule has 0 heterocycles. The number of halogens is 2. The van der Waals surface area contributed by atoms with Crippen LogP contribution in [-0.4, -0.2) is 24.7 Å². The molecule has 1 N–H and O–H groups in total. The predicted octanol–water partition coefficient (Wildman–Crippen LogP) is 2.46. The van der Waals surface area contributed by atoms with Gasteiger partial charge in [-0.3, -0.25) is 4.79 Å². The minimum Gasteiger partial charge on any atom is -0.396 e. The van der Waals surface area contributed by atoms with Gasteiger partial charge in [-0.25, -0.2) is 4.39 Å². The number of carbonyl (C=O) groups is 1. The highest BCUT2D eigenvalue weighted by molar-refractivity contribution is 6.31. The second-order valence-electron chi connectivity index (χ2n) is 3.78. The van der Waals surface area contributed by atoms with Crippen molar-refractivity contribution in [1.82, 2.24) is 0 Å². The number of hydrogen-bond acceptors (Lipinski definition) is 2. The molecule has 17 heavy (non-hydrogen) atoms. The lowest BCUT2D eigenvalue weighted by molar-refractivity contribution is -0.123. The third-order valence-electron chi connectivity index (χ3n) is 2.68. The first-order valence-corrected chi connectivity index (χ1v) is 5.72. The van der Waals surface area contributed by atoms with Crippen molar-refractivity contribution >= 4 is 23.2 Å². The topological polar surface area (TPSA) is 40.5 Å². The van der Waals surface area contributed by atoms with Gasteiger partial charge < -0.3 is 10.0 Å². The minimum atomic E-state index is -0.523. The van der Waals surface area contributed by atoms with Gasteiger partial charge in [-0.15, -0.1) is 0 Å². The molecule has 3 nitrogen and oxygen atoms in total. The van der Waals surface area contributed by atoms with E-state index in [0.717, 1.165) is 0 Å². The fourth-order valence-corrected chi connectivity index (χ4v) is 1.65. The Morgan fingerprint density at radius 1 is 1.59 bits per heavy atom. The Morgan fingerprint density at radius 2 is 2.24 bits per heavy atom. The number of amides is 1. The van der Waals surface area contributed by atoms with Gasteiger partial charge in [0.1, 0.15) is 5.82 Å². The summed E-state index contributed by atoms with van der Waals surface area (Å²) in [7, 11) is 1.57. The summed E-state index contributed by atoms with van der Waals surface area (Å²) >= 11 is 5.65. The number of benzene rings is 1. The molecule has 0 bridgehead atoms. The monoisotopic (exact) mass is 259 g/mol. The molecule has 5 heteroatoms. The van der Waals surface area contributed by atoms with Gasteiger partial charge in [0, 0.05) is 12.7 Å². The molecule has 0 aliphatic heterocycles. The summed E-state index contributed by atoms with van der Waals surface area (Å²) in [5, 5.41) is 9.03. The Bertz CT molecular complexity index is 407. The van der Waals surface area contributed by atoms with E-state index in [1.54, 1.807) is 7.05 Å². The van der Waals surface area contributed by atoms with Crippen LogP contribution < -0.4 is 4.90 Å². The normalized spacial score (nSPS) is 12.3.